The Kier molecular flexibility index (Phi) is 5.42. The molecule has 27 heavy (non-hydrogen) atoms. The molecule has 1 fully saturated rings. The number of hydrogen-bond acceptors (Lipinski definition) is 5. The number of carbonyl (C=O) groups excluding carboxylic acids is 2. The summed E-state index contributed by atoms with van der Waals surface area (Å²) in [4.78, 5) is 26.6. The average molecular weight is 433 g/mol. The number of allylic oxidation sites excluding steroid dienone is 1. The molecule has 1 N–H and O–H groups in total. The molecule has 2 amide bonds. The second-order valence-corrected chi connectivity index (χ2v) is 9.52. The van der Waals surface area contributed by atoms with Crippen LogP contribution in [-0.2, 0) is 19.4 Å². The minimum atomic E-state index is -3.20. The molecule has 0 saturated carbocycles. The van der Waals surface area contributed by atoms with E-state index in [0.717, 1.165) is 0 Å². The average Bonchev–Trinajstić information content (AvgIpc) is 2.95. The molecular weight excluding hydrogens is 415 g/mol. The minimum Gasteiger partial charge on any atom is -0.466 e. The lowest BCUT2D eigenvalue weighted by Gasteiger charge is -2.38. The Bertz CT molecular complexity index is 945. The van der Waals surface area contributed by atoms with Gasteiger partial charge in [0.1, 0.15) is 0 Å². The Labute approximate surface area is 167 Å². The van der Waals surface area contributed by atoms with Crippen molar-refractivity contribution in [1.82, 2.24) is 10.2 Å². The lowest BCUT2D eigenvalue weighted by atomic mass is 9.94. The van der Waals surface area contributed by atoms with Crippen LogP contribution in [0.15, 0.2) is 29.5 Å². The number of amides is 2. The molecule has 0 aliphatic carbocycles. The van der Waals surface area contributed by atoms with Gasteiger partial charge in [-0.2, -0.15) is 0 Å². The third-order valence-corrected chi connectivity index (χ3v) is 7.27. The van der Waals surface area contributed by atoms with Gasteiger partial charge in [0.15, 0.2) is 9.84 Å². The topological polar surface area (TPSA) is 92.8 Å². The van der Waals surface area contributed by atoms with Crippen LogP contribution < -0.4 is 5.32 Å². The normalized spacial score (nSPS) is 24.7. The zero-order chi connectivity index (χ0) is 19.9. The Balaban J connectivity index is 2.08. The number of esters is 1. The van der Waals surface area contributed by atoms with E-state index in [4.69, 9.17) is 27.9 Å². The quantitative estimate of drug-likeness (QED) is 0.740. The Morgan fingerprint density at radius 1 is 1.30 bits per heavy atom. The number of ether oxygens (including phenoxy) is 1. The minimum absolute atomic E-state index is 0.0124. The molecule has 7 nitrogen and oxygen atoms in total. The van der Waals surface area contributed by atoms with Gasteiger partial charge in [-0.3, -0.25) is 4.90 Å². The lowest BCUT2D eigenvalue weighted by Crippen LogP contribution is -2.52. The van der Waals surface area contributed by atoms with Crippen LogP contribution in [0.3, 0.4) is 0 Å². The highest BCUT2D eigenvalue weighted by Gasteiger charge is 2.42. The Morgan fingerprint density at radius 2 is 2.00 bits per heavy atom. The predicted octanol–water partition coefficient (Wildman–Crippen LogP) is 2.69. The molecule has 0 aromatic heterocycles. The molecule has 1 saturated heterocycles. The largest absolute Gasteiger partial charge is 0.466 e. The molecule has 0 unspecified atom stereocenters. The van der Waals surface area contributed by atoms with E-state index in [1.165, 1.54) is 12.0 Å². The van der Waals surface area contributed by atoms with Crippen LogP contribution in [0, 0.1) is 0 Å². The van der Waals surface area contributed by atoms with Crippen molar-refractivity contribution in [2.24, 2.45) is 0 Å². The summed E-state index contributed by atoms with van der Waals surface area (Å²) < 4.78 is 28.6. The molecule has 146 valence electrons. The smallest absolute Gasteiger partial charge is 0.337 e. The highest BCUT2D eigenvalue weighted by Crippen LogP contribution is 2.36. The van der Waals surface area contributed by atoms with Gasteiger partial charge in [-0.15, -0.1) is 0 Å². The van der Waals surface area contributed by atoms with E-state index in [0.29, 0.717) is 22.7 Å². The zero-order valence-electron chi connectivity index (χ0n) is 14.7. The van der Waals surface area contributed by atoms with Crippen molar-refractivity contribution in [1.29, 1.82) is 0 Å². The van der Waals surface area contributed by atoms with Crippen molar-refractivity contribution in [2.45, 2.75) is 25.4 Å². The van der Waals surface area contributed by atoms with Gasteiger partial charge in [0.2, 0.25) is 0 Å². The second-order valence-electron chi connectivity index (χ2n) is 6.47. The van der Waals surface area contributed by atoms with Gasteiger partial charge < -0.3 is 10.1 Å². The van der Waals surface area contributed by atoms with Gasteiger partial charge in [-0.1, -0.05) is 29.3 Å². The van der Waals surface area contributed by atoms with E-state index >= 15 is 0 Å². The van der Waals surface area contributed by atoms with Crippen LogP contribution in [0.5, 0.6) is 0 Å². The number of urea groups is 1. The third kappa shape index (κ3) is 3.79. The number of halogens is 2. The maximum Gasteiger partial charge on any atom is 0.337 e. The number of rotatable bonds is 3. The number of nitrogens with one attached hydrogen (secondary N) is 1. The number of hydrogen-bond donors (Lipinski definition) is 1. The number of carbonyl (C=O) groups is 2. The first-order valence-corrected chi connectivity index (χ1v) is 10.8. The maximum atomic E-state index is 12.8. The van der Waals surface area contributed by atoms with Crippen molar-refractivity contribution >= 4 is 45.0 Å². The first kappa shape index (κ1) is 20.0. The van der Waals surface area contributed by atoms with Crippen molar-refractivity contribution in [3.8, 4) is 0 Å². The van der Waals surface area contributed by atoms with Crippen LogP contribution in [0.25, 0.3) is 0 Å². The molecule has 3 rings (SSSR count). The zero-order valence-corrected chi connectivity index (χ0v) is 17.0. The third-order valence-electron chi connectivity index (χ3n) is 4.78. The van der Waals surface area contributed by atoms with Crippen molar-refractivity contribution < 1.29 is 22.7 Å². The summed E-state index contributed by atoms with van der Waals surface area (Å²) in [5.74, 6) is -0.739. The summed E-state index contributed by atoms with van der Waals surface area (Å²) in [6.07, 6.45) is 0.318. The second kappa shape index (κ2) is 7.33. The molecule has 1 aromatic rings. The lowest BCUT2D eigenvalue weighted by molar-refractivity contribution is -0.136. The number of benzene rings is 1. The summed E-state index contributed by atoms with van der Waals surface area (Å²) in [7, 11) is -1.96. The van der Waals surface area contributed by atoms with Crippen LogP contribution in [-0.4, -0.2) is 50.0 Å². The molecule has 2 atom stereocenters. The van der Waals surface area contributed by atoms with Gasteiger partial charge in [0, 0.05) is 5.70 Å². The molecule has 2 aliphatic heterocycles. The SMILES string of the molecule is COC(=O)C1=C(C)N([C@@H]2CCS(=O)(=O)C2)C(=O)N[C@H]1c1ccc(Cl)c(Cl)c1. The van der Waals surface area contributed by atoms with E-state index in [9.17, 15) is 18.0 Å². The molecule has 0 spiro atoms. The van der Waals surface area contributed by atoms with Crippen LogP contribution in [0.4, 0.5) is 4.79 Å². The number of methoxy groups -OCH3 is 1. The summed E-state index contributed by atoms with van der Waals surface area (Å²) in [6.45, 7) is 1.61. The van der Waals surface area contributed by atoms with E-state index in [1.807, 2.05) is 0 Å². The molecule has 1 aromatic carbocycles. The highest BCUT2D eigenvalue weighted by atomic mass is 35.5. The number of nitrogens with zero attached hydrogens (tertiary/aromatic N) is 1. The van der Waals surface area contributed by atoms with Crippen LogP contribution in [0.1, 0.15) is 24.9 Å². The summed E-state index contributed by atoms with van der Waals surface area (Å²) in [6, 6.07) is 3.02. The van der Waals surface area contributed by atoms with Gasteiger partial charge in [0.05, 0.1) is 46.3 Å². The van der Waals surface area contributed by atoms with Crippen LogP contribution >= 0.6 is 23.2 Å². The van der Waals surface area contributed by atoms with Crippen molar-refractivity contribution in [3.05, 3.63) is 45.1 Å². The van der Waals surface area contributed by atoms with E-state index < -0.39 is 33.9 Å². The molecule has 2 heterocycles. The standard InChI is InChI=1S/C17H18Cl2N2O5S/c1-9-14(16(22)26-2)15(10-3-4-12(18)13(19)7-10)20-17(23)21(9)11-5-6-27(24,25)8-11/h3-4,7,11,15H,5-6,8H2,1-2H3,(H,20,23)/t11-,15+/m1/s1. The summed E-state index contributed by atoms with van der Waals surface area (Å²) in [5.41, 5.74) is 1.15. The Hall–Kier alpha value is -1.77. The molecular formula is C17H18Cl2N2O5S. The first-order chi connectivity index (χ1) is 12.6. The van der Waals surface area contributed by atoms with Gasteiger partial charge in [0.25, 0.3) is 0 Å². The molecule has 10 heteroatoms. The Morgan fingerprint density at radius 3 is 2.56 bits per heavy atom. The van der Waals surface area contributed by atoms with E-state index in [2.05, 4.69) is 5.32 Å². The van der Waals surface area contributed by atoms with Gasteiger partial charge >= 0.3 is 12.0 Å². The summed E-state index contributed by atoms with van der Waals surface area (Å²) in [5, 5.41) is 3.40. The fourth-order valence-electron chi connectivity index (χ4n) is 3.49. The molecule has 0 bridgehead atoms. The van der Waals surface area contributed by atoms with Gasteiger partial charge in [-0.25, -0.2) is 18.0 Å². The summed E-state index contributed by atoms with van der Waals surface area (Å²) >= 11 is 12.0. The van der Waals surface area contributed by atoms with Crippen molar-refractivity contribution in [2.75, 3.05) is 18.6 Å². The first-order valence-electron chi connectivity index (χ1n) is 8.19. The highest BCUT2D eigenvalue weighted by molar-refractivity contribution is 7.91. The van der Waals surface area contributed by atoms with Crippen LogP contribution in [0.2, 0.25) is 10.0 Å². The predicted molar refractivity (Wildman–Crippen MR) is 101 cm³/mol. The fraction of sp³-hybridized carbons (Fsp3) is 0.412. The fourth-order valence-corrected chi connectivity index (χ4v) is 5.50. The maximum absolute atomic E-state index is 12.8. The number of sulfone groups is 1. The van der Waals surface area contributed by atoms with Crippen molar-refractivity contribution in [3.63, 3.8) is 0 Å². The van der Waals surface area contributed by atoms with E-state index in [-0.39, 0.29) is 22.1 Å². The monoisotopic (exact) mass is 432 g/mol. The van der Waals surface area contributed by atoms with E-state index in [1.54, 1.807) is 25.1 Å². The molecule has 2 aliphatic rings. The van der Waals surface area contributed by atoms with Gasteiger partial charge in [-0.05, 0) is 31.0 Å². The molecule has 0 radical (unpaired) electrons.